The van der Waals surface area contributed by atoms with Gasteiger partial charge < -0.3 is 5.32 Å². The molecule has 2 nitrogen and oxygen atoms in total. The Morgan fingerprint density at radius 3 is 2.71 bits per heavy atom. The summed E-state index contributed by atoms with van der Waals surface area (Å²) in [4.78, 5) is 4.99. The van der Waals surface area contributed by atoms with Crippen molar-refractivity contribution >= 4 is 11.3 Å². The van der Waals surface area contributed by atoms with Gasteiger partial charge in [-0.1, -0.05) is 47.5 Å². The SMILES string of the molecule is CCNC1(c2nc(C(C)C)cs2)CCCC(CC(C)C)C1. The van der Waals surface area contributed by atoms with Crippen LogP contribution in [0.2, 0.25) is 0 Å². The van der Waals surface area contributed by atoms with Crippen LogP contribution in [-0.2, 0) is 5.54 Å². The minimum atomic E-state index is 0.143. The van der Waals surface area contributed by atoms with Gasteiger partial charge in [0.05, 0.1) is 11.2 Å². The van der Waals surface area contributed by atoms with Crippen molar-refractivity contribution in [1.82, 2.24) is 10.3 Å². The Labute approximate surface area is 134 Å². The van der Waals surface area contributed by atoms with Crippen molar-refractivity contribution in [3.8, 4) is 0 Å². The fourth-order valence-electron chi connectivity index (χ4n) is 3.80. The van der Waals surface area contributed by atoms with Crippen molar-refractivity contribution in [2.45, 2.75) is 78.2 Å². The van der Waals surface area contributed by atoms with Crippen molar-refractivity contribution in [1.29, 1.82) is 0 Å². The average Bonchev–Trinajstić information content (AvgIpc) is 2.89. The monoisotopic (exact) mass is 308 g/mol. The summed E-state index contributed by atoms with van der Waals surface area (Å²) in [5.74, 6) is 2.18. The molecule has 0 saturated heterocycles. The molecule has 120 valence electrons. The zero-order valence-corrected chi connectivity index (χ0v) is 15.2. The zero-order valence-electron chi connectivity index (χ0n) is 14.4. The lowest BCUT2D eigenvalue weighted by Crippen LogP contribution is -2.46. The minimum Gasteiger partial charge on any atom is -0.306 e. The first-order chi connectivity index (χ1) is 9.97. The van der Waals surface area contributed by atoms with E-state index < -0.39 is 0 Å². The lowest BCUT2D eigenvalue weighted by atomic mass is 9.73. The van der Waals surface area contributed by atoms with Gasteiger partial charge in [-0.25, -0.2) is 4.98 Å². The highest BCUT2D eigenvalue weighted by Gasteiger charge is 2.39. The van der Waals surface area contributed by atoms with Gasteiger partial charge in [0.25, 0.3) is 0 Å². The van der Waals surface area contributed by atoms with Gasteiger partial charge >= 0.3 is 0 Å². The molecule has 1 aromatic heterocycles. The van der Waals surface area contributed by atoms with Crippen molar-refractivity contribution in [2.24, 2.45) is 11.8 Å². The summed E-state index contributed by atoms with van der Waals surface area (Å²) in [6.45, 7) is 12.4. The van der Waals surface area contributed by atoms with Gasteiger partial charge in [0.1, 0.15) is 5.01 Å². The molecule has 0 aromatic carbocycles. The predicted octanol–water partition coefficient (Wildman–Crippen LogP) is 5.31. The van der Waals surface area contributed by atoms with Gasteiger partial charge in [0, 0.05) is 5.38 Å². The Morgan fingerprint density at radius 1 is 1.38 bits per heavy atom. The van der Waals surface area contributed by atoms with E-state index in [-0.39, 0.29) is 5.54 Å². The van der Waals surface area contributed by atoms with Gasteiger partial charge in [0.2, 0.25) is 0 Å². The maximum atomic E-state index is 4.99. The Balaban J connectivity index is 2.22. The van der Waals surface area contributed by atoms with E-state index in [2.05, 4.69) is 45.3 Å². The van der Waals surface area contributed by atoms with Crippen LogP contribution in [0.15, 0.2) is 5.38 Å². The van der Waals surface area contributed by atoms with E-state index in [1.165, 1.54) is 42.8 Å². The van der Waals surface area contributed by atoms with Crippen LogP contribution in [0.1, 0.15) is 83.3 Å². The molecule has 1 heterocycles. The minimum absolute atomic E-state index is 0.143. The highest BCUT2D eigenvalue weighted by molar-refractivity contribution is 7.09. The van der Waals surface area contributed by atoms with Crippen molar-refractivity contribution in [2.75, 3.05) is 6.54 Å². The second-order valence-corrected chi connectivity index (χ2v) is 8.29. The van der Waals surface area contributed by atoms with E-state index >= 15 is 0 Å². The fourth-order valence-corrected chi connectivity index (χ4v) is 5.00. The number of nitrogens with one attached hydrogen (secondary N) is 1. The molecule has 1 aliphatic rings. The number of thiazole rings is 1. The first-order valence-corrected chi connectivity index (χ1v) is 9.55. The van der Waals surface area contributed by atoms with Gasteiger partial charge in [0.15, 0.2) is 0 Å². The van der Waals surface area contributed by atoms with E-state index in [1.807, 2.05) is 11.3 Å². The topological polar surface area (TPSA) is 24.9 Å². The summed E-state index contributed by atoms with van der Waals surface area (Å²) in [7, 11) is 0. The molecule has 1 fully saturated rings. The van der Waals surface area contributed by atoms with Crippen LogP contribution in [0.3, 0.4) is 0 Å². The first-order valence-electron chi connectivity index (χ1n) is 8.67. The zero-order chi connectivity index (χ0) is 15.5. The van der Waals surface area contributed by atoms with Gasteiger partial charge in [-0.2, -0.15) is 0 Å². The van der Waals surface area contributed by atoms with Crippen LogP contribution in [0.5, 0.6) is 0 Å². The maximum Gasteiger partial charge on any atom is 0.113 e. The largest absolute Gasteiger partial charge is 0.306 e. The standard InChI is InChI=1S/C18H32N2S/c1-6-19-18(17-20-16(12-21-17)14(4)5)9-7-8-15(11-18)10-13(2)3/h12-15,19H,6-11H2,1-5H3. The maximum absolute atomic E-state index is 4.99. The van der Waals surface area contributed by atoms with Crippen LogP contribution in [-0.4, -0.2) is 11.5 Å². The normalized spacial score (nSPS) is 26.7. The second kappa shape index (κ2) is 7.23. The molecule has 21 heavy (non-hydrogen) atoms. The molecule has 3 heteroatoms. The average molecular weight is 309 g/mol. The molecule has 1 saturated carbocycles. The molecule has 1 N–H and O–H groups in total. The van der Waals surface area contributed by atoms with Crippen LogP contribution in [0.25, 0.3) is 0 Å². The number of hydrogen-bond donors (Lipinski definition) is 1. The summed E-state index contributed by atoms with van der Waals surface area (Å²) >= 11 is 1.87. The van der Waals surface area contributed by atoms with E-state index in [4.69, 9.17) is 4.98 Å². The molecule has 0 bridgehead atoms. The first kappa shape index (κ1) is 17.0. The van der Waals surface area contributed by atoms with Gasteiger partial charge in [-0.3, -0.25) is 0 Å². The van der Waals surface area contributed by atoms with E-state index in [9.17, 15) is 0 Å². The van der Waals surface area contributed by atoms with Gasteiger partial charge in [-0.15, -0.1) is 11.3 Å². The third-order valence-corrected chi connectivity index (χ3v) is 5.76. The third kappa shape index (κ3) is 4.07. The van der Waals surface area contributed by atoms with Crippen molar-refractivity contribution < 1.29 is 0 Å². The summed E-state index contributed by atoms with van der Waals surface area (Å²) in [6, 6.07) is 0. The Bertz CT molecular complexity index is 434. The smallest absolute Gasteiger partial charge is 0.113 e. The summed E-state index contributed by atoms with van der Waals surface area (Å²) in [5.41, 5.74) is 1.41. The third-order valence-electron chi connectivity index (χ3n) is 4.70. The molecular weight excluding hydrogens is 276 g/mol. The molecule has 2 rings (SSSR count). The quantitative estimate of drug-likeness (QED) is 0.770. The van der Waals surface area contributed by atoms with E-state index in [0.29, 0.717) is 5.92 Å². The Morgan fingerprint density at radius 2 is 2.14 bits per heavy atom. The lowest BCUT2D eigenvalue weighted by Gasteiger charge is -2.41. The van der Waals surface area contributed by atoms with E-state index in [1.54, 1.807) is 0 Å². The number of aromatic nitrogens is 1. The van der Waals surface area contributed by atoms with Crippen LogP contribution < -0.4 is 5.32 Å². The molecule has 0 aliphatic heterocycles. The molecule has 2 atom stereocenters. The van der Waals surface area contributed by atoms with Crippen LogP contribution >= 0.6 is 11.3 Å². The van der Waals surface area contributed by atoms with Crippen LogP contribution in [0, 0.1) is 11.8 Å². The molecule has 0 amide bonds. The molecule has 1 aromatic rings. The number of hydrogen-bond acceptors (Lipinski definition) is 3. The highest BCUT2D eigenvalue weighted by Crippen LogP contribution is 2.43. The van der Waals surface area contributed by atoms with E-state index in [0.717, 1.165) is 18.4 Å². The van der Waals surface area contributed by atoms with Crippen molar-refractivity contribution in [3.63, 3.8) is 0 Å². The van der Waals surface area contributed by atoms with Crippen LogP contribution in [0.4, 0.5) is 0 Å². The Kier molecular flexibility index (Phi) is 5.84. The molecule has 1 aliphatic carbocycles. The summed E-state index contributed by atoms with van der Waals surface area (Å²) < 4.78 is 0. The summed E-state index contributed by atoms with van der Waals surface area (Å²) in [5, 5.41) is 7.42. The number of rotatable bonds is 6. The summed E-state index contributed by atoms with van der Waals surface area (Å²) in [6.07, 6.45) is 6.61. The number of nitrogens with zero attached hydrogens (tertiary/aromatic N) is 1. The molecular formula is C18H32N2S. The fraction of sp³-hybridized carbons (Fsp3) is 0.833. The lowest BCUT2D eigenvalue weighted by molar-refractivity contribution is 0.164. The molecule has 2 unspecified atom stereocenters. The Hall–Kier alpha value is -0.410. The van der Waals surface area contributed by atoms with Gasteiger partial charge in [-0.05, 0) is 43.6 Å². The second-order valence-electron chi connectivity index (χ2n) is 7.44. The van der Waals surface area contributed by atoms with Crippen molar-refractivity contribution in [3.05, 3.63) is 16.1 Å². The molecule has 0 radical (unpaired) electrons. The highest BCUT2D eigenvalue weighted by atomic mass is 32.1. The molecule has 0 spiro atoms. The predicted molar refractivity (Wildman–Crippen MR) is 93.0 cm³/mol.